The summed E-state index contributed by atoms with van der Waals surface area (Å²) >= 11 is 5.76. The van der Waals surface area contributed by atoms with E-state index in [1.54, 1.807) is 12.3 Å². The van der Waals surface area contributed by atoms with Gasteiger partial charge >= 0.3 is 5.69 Å². The van der Waals surface area contributed by atoms with Crippen LogP contribution in [0.25, 0.3) is 0 Å². The first-order valence-electron chi connectivity index (χ1n) is 7.88. The van der Waals surface area contributed by atoms with Crippen molar-refractivity contribution in [3.8, 4) is 0 Å². The molecule has 25 heavy (non-hydrogen) atoms. The molecule has 0 spiro atoms. The molecule has 2 N–H and O–H groups in total. The Morgan fingerprint density at radius 2 is 2.24 bits per heavy atom. The van der Waals surface area contributed by atoms with Crippen molar-refractivity contribution in [3.63, 3.8) is 0 Å². The predicted octanol–water partition coefficient (Wildman–Crippen LogP) is 1.64. The lowest BCUT2D eigenvalue weighted by atomic mass is 10.2. The molecule has 0 aliphatic heterocycles. The molecule has 0 aliphatic rings. The van der Waals surface area contributed by atoms with Gasteiger partial charge in [0.2, 0.25) is 0 Å². The van der Waals surface area contributed by atoms with E-state index < -0.39 is 4.92 Å². The molecule has 0 unspecified atom stereocenters. The fraction of sp³-hybridized carbons (Fsp3) is 0.400. The predicted molar refractivity (Wildman–Crippen MR) is 95.8 cm³/mol. The Balaban J connectivity index is 1.80. The molecule has 0 saturated heterocycles. The molecular formula is C15H20ClN7O2. The molecule has 134 valence electrons. The Bertz CT molecular complexity index is 715. The molecule has 0 amide bonds. The number of rotatable bonds is 8. The minimum absolute atomic E-state index is 0.0165. The van der Waals surface area contributed by atoms with Gasteiger partial charge in [0.1, 0.15) is 17.5 Å². The third kappa shape index (κ3) is 6.38. The highest BCUT2D eigenvalue weighted by Crippen LogP contribution is 2.07. The van der Waals surface area contributed by atoms with Crippen LogP contribution in [0.4, 0.5) is 5.69 Å². The van der Waals surface area contributed by atoms with Crippen molar-refractivity contribution in [2.45, 2.75) is 19.9 Å². The Morgan fingerprint density at radius 1 is 1.40 bits per heavy atom. The van der Waals surface area contributed by atoms with Crippen molar-refractivity contribution in [2.24, 2.45) is 4.99 Å². The molecule has 0 bridgehead atoms. The second-order valence-corrected chi connectivity index (χ2v) is 5.53. The quantitative estimate of drug-likeness (QED) is 0.242. The summed E-state index contributed by atoms with van der Waals surface area (Å²) in [5.41, 5.74) is 1.05. The number of nitrogens with zero attached hydrogens (tertiary/aromatic N) is 5. The van der Waals surface area contributed by atoms with E-state index in [1.165, 1.54) is 17.1 Å². The number of pyridine rings is 1. The van der Waals surface area contributed by atoms with E-state index in [-0.39, 0.29) is 5.69 Å². The Hall–Kier alpha value is -2.68. The minimum atomic E-state index is -0.464. The van der Waals surface area contributed by atoms with E-state index >= 15 is 0 Å². The lowest BCUT2D eigenvalue weighted by Crippen LogP contribution is -2.39. The second kappa shape index (κ2) is 9.58. The van der Waals surface area contributed by atoms with E-state index in [9.17, 15) is 10.1 Å². The molecule has 9 nitrogen and oxygen atoms in total. The van der Waals surface area contributed by atoms with Crippen LogP contribution in [0.5, 0.6) is 0 Å². The van der Waals surface area contributed by atoms with Gasteiger partial charge in [0.15, 0.2) is 5.96 Å². The lowest BCUT2D eigenvalue weighted by molar-refractivity contribution is -0.385. The number of hydrogen-bond donors (Lipinski definition) is 2. The van der Waals surface area contributed by atoms with Crippen LogP contribution >= 0.6 is 11.6 Å². The molecule has 2 aromatic rings. The summed E-state index contributed by atoms with van der Waals surface area (Å²) in [5.74, 6) is 0.686. The van der Waals surface area contributed by atoms with E-state index in [0.29, 0.717) is 30.7 Å². The highest BCUT2D eigenvalue weighted by atomic mass is 35.5. The second-order valence-electron chi connectivity index (χ2n) is 5.15. The normalized spacial score (nSPS) is 11.4. The van der Waals surface area contributed by atoms with Crippen LogP contribution in [0, 0.1) is 10.1 Å². The monoisotopic (exact) mass is 365 g/mol. The fourth-order valence-electron chi connectivity index (χ4n) is 2.05. The Morgan fingerprint density at radius 3 is 2.88 bits per heavy atom. The summed E-state index contributed by atoms with van der Waals surface area (Å²) in [6.45, 7) is 4.37. The highest BCUT2D eigenvalue weighted by molar-refractivity contribution is 6.29. The maximum Gasteiger partial charge on any atom is 0.306 e. The molecule has 0 aliphatic carbocycles. The Kier molecular flexibility index (Phi) is 7.15. The van der Waals surface area contributed by atoms with E-state index in [4.69, 9.17) is 11.6 Å². The zero-order valence-electron chi connectivity index (χ0n) is 13.9. The first-order valence-corrected chi connectivity index (χ1v) is 8.25. The van der Waals surface area contributed by atoms with Gasteiger partial charge in [-0.3, -0.25) is 19.8 Å². The molecule has 10 heteroatoms. The number of nitro groups is 1. The van der Waals surface area contributed by atoms with Crippen LogP contribution in [-0.2, 0) is 13.0 Å². The van der Waals surface area contributed by atoms with Crippen molar-refractivity contribution < 1.29 is 4.92 Å². The lowest BCUT2D eigenvalue weighted by Gasteiger charge is -2.11. The number of hydrogen-bond acceptors (Lipinski definition) is 5. The highest BCUT2D eigenvalue weighted by Gasteiger charge is 2.08. The van der Waals surface area contributed by atoms with Gasteiger partial charge in [-0.2, -0.15) is 5.10 Å². The van der Waals surface area contributed by atoms with Gasteiger partial charge in [0, 0.05) is 25.8 Å². The van der Waals surface area contributed by atoms with Crippen LogP contribution in [0.15, 0.2) is 35.7 Å². The molecule has 2 aromatic heterocycles. The van der Waals surface area contributed by atoms with Crippen LogP contribution in [0.1, 0.15) is 12.5 Å². The van der Waals surface area contributed by atoms with Gasteiger partial charge in [-0.25, -0.2) is 4.98 Å². The molecule has 0 atom stereocenters. The fourth-order valence-corrected chi connectivity index (χ4v) is 2.16. The first kappa shape index (κ1) is 18.7. The average molecular weight is 366 g/mol. The zero-order chi connectivity index (χ0) is 18.1. The first-order chi connectivity index (χ1) is 12.1. The van der Waals surface area contributed by atoms with Gasteiger partial charge in [0.25, 0.3) is 0 Å². The molecule has 0 radical (unpaired) electrons. The number of aliphatic imine (C=N–C) groups is 1. The molecule has 0 fully saturated rings. The smallest absolute Gasteiger partial charge is 0.306 e. The molecule has 0 saturated carbocycles. The molecule has 2 heterocycles. The average Bonchev–Trinajstić information content (AvgIpc) is 3.06. The standard InChI is InChI=1S/C15H20ClN7O2/c1-2-17-15(18-6-5-12-3-4-14(16)20-9-12)19-7-8-22-11-13(10-21-22)23(24)25/h3-4,9-11H,2,5-8H2,1H3,(H2,17,18,19). The number of nitrogens with one attached hydrogen (secondary N) is 2. The van der Waals surface area contributed by atoms with Crippen LogP contribution in [0.3, 0.4) is 0 Å². The number of guanidine groups is 1. The largest absolute Gasteiger partial charge is 0.357 e. The number of halogens is 1. The van der Waals surface area contributed by atoms with E-state index in [2.05, 4.69) is 25.7 Å². The van der Waals surface area contributed by atoms with Gasteiger partial charge in [-0.15, -0.1) is 0 Å². The number of aromatic nitrogens is 3. The SMILES string of the molecule is CCNC(=NCCc1ccc(Cl)nc1)NCCn1cc([N+](=O)[O-])cn1. The third-order valence-corrected chi connectivity index (χ3v) is 3.49. The van der Waals surface area contributed by atoms with Crippen molar-refractivity contribution in [1.82, 2.24) is 25.4 Å². The molecular weight excluding hydrogens is 346 g/mol. The van der Waals surface area contributed by atoms with Crippen molar-refractivity contribution in [3.05, 3.63) is 51.6 Å². The minimum Gasteiger partial charge on any atom is -0.357 e. The topological polar surface area (TPSA) is 110 Å². The van der Waals surface area contributed by atoms with Gasteiger partial charge in [-0.05, 0) is 25.0 Å². The third-order valence-electron chi connectivity index (χ3n) is 3.27. The maximum absolute atomic E-state index is 10.6. The van der Waals surface area contributed by atoms with Crippen LogP contribution in [-0.4, -0.2) is 45.3 Å². The molecule has 0 aromatic carbocycles. The van der Waals surface area contributed by atoms with Crippen LogP contribution < -0.4 is 10.6 Å². The van der Waals surface area contributed by atoms with Crippen LogP contribution in [0.2, 0.25) is 5.15 Å². The summed E-state index contributed by atoms with van der Waals surface area (Å²) in [5, 5.41) is 21.4. The van der Waals surface area contributed by atoms with Gasteiger partial charge in [0.05, 0.1) is 11.5 Å². The Labute approximate surface area is 150 Å². The summed E-state index contributed by atoms with van der Waals surface area (Å²) < 4.78 is 1.52. The zero-order valence-corrected chi connectivity index (χ0v) is 14.6. The summed E-state index contributed by atoms with van der Waals surface area (Å²) in [6, 6.07) is 3.68. The van der Waals surface area contributed by atoms with Gasteiger partial charge in [-0.1, -0.05) is 17.7 Å². The van der Waals surface area contributed by atoms with Crippen molar-refractivity contribution in [1.29, 1.82) is 0 Å². The maximum atomic E-state index is 10.6. The summed E-state index contributed by atoms with van der Waals surface area (Å²) in [4.78, 5) is 18.7. The summed E-state index contributed by atoms with van der Waals surface area (Å²) in [7, 11) is 0. The van der Waals surface area contributed by atoms with Gasteiger partial charge < -0.3 is 10.6 Å². The van der Waals surface area contributed by atoms with Crippen molar-refractivity contribution in [2.75, 3.05) is 19.6 Å². The van der Waals surface area contributed by atoms with E-state index in [1.807, 2.05) is 13.0 Å². The van der Waals surface area contributed by atoms with E-state index in [0.717, 1.165) is 18.5 Å². The summed E-state index contributed by atoms with van der Waals surface area (Å²) in [6.07, 6.45) is 5.13. The van der Waals surface area contributed by atoms with Crippen molar-refractivity contribution >= 4 is 23.2 Å². The molecule has 2 rings (SSSR count).